The van der Waals surface area contributed by atoms with Crippen molar-refractivity contribution in [2.24, 2.45) is 0 Å². The van der Waals surface area contributed by atoms with E-state index in [1.807, 2.05) is 80.1 Å². The molecule has 0 aliphatic heterocycles. The van der Waals surface area contributed by atoms with Gasteiger partial charge in [-0.3, -0.25) is 0 Å². The summed E-state index contributed by atoms with van der Waals surface area (Å²) in [5.41, 5.74) is 4.65. The van der Waals surface area contributed by atoms with E-state index in [0.29, 0.717) is 0 Å². The van der Waals surface area contributed by atoms with Gasteiger partial charge in [0.15, 0.2) is 5.82 Å². The lowest BCUT2D eigenvalue weighted by Gasteiger charge is -2.22. The fourth-order valence-electron chi connectivity index (χ4n) is 4.20. The molecule has 0 radical (unpaired) electrons. The predicted octanol–water partition coefficient (Wildman–Crippen LogP) is 4.24. The summed E-state index contributed by atoms with van der Waals surface area (Å²) < 4.78 is 14.0. The van der Waals surface area contributed by atoms with Gasteiger partial charge in [-0.15, -0.1) is 5.10 Å². The van der Waals surface area contributed by atoms with E-state index in [4.69, 9.17) is 14.6 Å². The van der Waals surface area contributed by atoms with Crippen LogP contribution < -0.4 is 19.7 Å². The first-order chi connectivity index (χ1) is 16.4. The molecule has 0 saturated heterocycles. The number of nitrogens with one attached hydrogen (secondary N) is 1. The third-order valence-corrected chi connectivity index (χ3v) is 5.89. The minimum Gasteiger partial charge on any atom is -0.496 e. The second-order valence-electron chi connectivity index (χ2n) is 8.46. The van der Waals surface area contributed by atoms with E-state index in [1.54, 1.807) is 7.11 Å². The molecule has 0 amide bonds. The number of fused-ring (bicyclic) bond motifs is 1. The molecule has 2 heterocycles. The van der Waals surface area contributed by atoms with Gasteiger partial charge in [-0.2, -0.15) is 10.2 Å². The van der Waals surface area contributed by atoms with E-state index in [9.17, 15) is 0 Å². The first-order valence-electron chi connectivity index (χ1n) is 11.4. The number of hydrogen-bond donors (Lipinski definition) is 1. The summed E-state index contributed by atoms with van der Waals surface area (Å²) in [4.78, 5) is 1.94. The Morgan fingerprint density at radius 1 is 1.06 bits per heavy atom. The standard InChI is InChI=1S/C26H32N6O2/c1-17-24-18(2)32(30-25(24)26(29-28-17)31(4)5)19-10-9-11-20(16-19)34-23(14-15-27-3)21-12-7-8-13-22(21)33-6/h7-13,16,23,27H,14-15H2,1-6H3. The highest BCUT2D eigenvalue weighted by Crippen LogP contribution is 2.33. The van der Waals surface area contributed by atoms with Gasteiger partial charge in [0.05, 0.1) is 29.6 Å². The van der Waals surface area contributed by atoms with E-state index < -0.39 is 0 Å². The second kappa shape index (κ2) is 10.1. The molecule has 4 rings (SSSR count). The molecule has 8 nitrogen and oxygen atoms in total. The Labute approximate surface area is 200 Å². The summed E-state index contributed by atoms with van der Waals surface area (Å²) in [7, 11) is 7.53. The van der Waals surface area contributed by atoms with E-state index in [0.717, 1.165) is 63.8 Å². The molecule has 0 bridgehead atoms. The zero-order valence-corrected chi connectivity index (χ0v) is 20.7. The van der Waals surface area contributed by atoms with E-state index >= 15 is 0 Å². The van der Waals surface area contributed by atoms with Crippen molar-refractivity contribution < 1.29 is 9.47 Å². The van der Waals surface area contributed by atoms with Crippen LogP contribution in [-0.4, -0.2) is 54.8 Å². The zero-order chi connectivity index (χ0) is 24.2. The van der Waals surface area contributed by atoms with Crippen LogP contribution in [0, 0.1) is 13.8 Å². The number of rotatable bonds is 9. The molecule has 2 aromatic carbocycles. The Morgan fingerprint density at radius 3 is 2.59 bits per heavy atom. The molecule has 0 fully saturated rings. The molecule has 4 aromatic rings. The van der Waals surface area contributed by atoms with Crippen LogP contribution >= 0.6 is 0 Å². The van der Waals surface area contributed by atoms with Crippen molar-refractivity contribution in [2.45, 2.75) is 26.4 Å². The smallest absolute Gasteiger partial charge is 0.179 e. The average molecular weight is 461 g/mol. The molecule has 0 aliphatic rings. The lowest BCUT2D eigenvalue weighted by Crippen LogP contribution is -2.17. The van der Waals surface area contributed by atoms with Gasteiger partial charge in [-0.25, -0.2) is 4.68 Å². The van der Waals surface area contributed by atoms with E-state index in [-0.39, 0.29) is 6.10 Å². The van der Waals surface area contributed by atoms with Crippen molar-refractivity contribution in [1.82, 2.24) is 25.3 Å². The molecule has 8 heteroatoms. The highest BCUT2D eigenvalue weighted by molar-refractivity contribution is 5.92. The molecule has 178 valence electrons. The Hall–Kier alpha value is -3.65. The third kappa shape index (κ3) is 4.54. The van der Waals surface area contributed by atoms with Gasteiger partial charge < -0.3 is 19.7 Å². The lowest BCUT2D eigenvalue weighted by atomic mass is 10.0. The van der Waals surface area contributed by atoms with Crippen molar-refractivity contribution >= 4 is 16.7 Å². The number of benzene rings is 2. The first-order valence-corrected chi connectivity index (χ1v) is 11.4. The highest BCUT2D eigenvalue weighted by Gasteiger charge is 2.20. The SMILES string of the molecule is CNCCC(Oc1cccc(-n2nc3c(N(C)C)nnc(C)c3c2C)c1)c1ccccc1OC. The number of methoxy groups -OCH3 is 1. The Bertz CT molecular complexity index is 1280. The van der Waals surface area contributed by atoms with Crippen LogP contribution in [0.2, 0.25) is 0 Å². The second-order valence-corrected chi connectivity index (χ2v) is 8.46. The maximum absolute atomic E-state index is 6.51. The largest absolute Gasteiger partial charge is 0.496 e. The molecular formula is C26H32N6O2. The molecule has 0 spiro atoms. The minimum absolute atomic E-state index is 0.160. The minimum atomic E-state index is -0.160. The van der Waals surface area contributed by atoms with Crippen LogP contribution in [0.3, 0.4) is 0 Å². The number of ether oxygens (including phenoxy) is 2. The van der Waals surface area contributed by atoms with Gasteiger partial charge in [0.2, 0.25) is 0 Å². The Morgan fingerprint density at radius 2 is 1.85 bits per heavy atom. The number of nitrogens with zero attached hydrogens (tertiary/aromatic N) is 5. The quantitative estimate of drug-likeness (QED) is 0.400. The number of para-hydroxylation sites is 1. The maximum atomic E-state index is 6.51. The molecule has 1 N–H and O–H groups in total. The fraction of sp³-hybridized carbons (Fsp3) is 0.346. The summed E-state index contributed by atoms with van der Waals surface area (Å²) in [5.74, 6) is 2.34. The number of aromatic nitrogens is 4. The van der Waals surface area contributed by atoms with E-state index in [2.05, 4.69) is 28.5 Å². The van der Waals surface area contributed by atoms with Crippen molar-refractivity contribution in [2.75, 3.05) is 39.7 Å². The lowest BCUT2D eigenvalue weighted by molar-refractivity contribution is 0.190. The molecule has 0 saturated carbocycles. The van der Waals surface area contributed by atoms with Gasteiger partial charge in [-0.05, 0) is 45.6 Å². The Balaban J connectivity index is 1.73. The van der Waals surface area contributed by atoms with Crippen molar-refractivity contribution in [3.63, 3.8) is 0 Å². The van der Waals surface area contributed by atoms with Crippen LogP contribution in [0.4, 0.5) is 5.82 Å². The highest BCUT2D eigenvalue weighted by atomic mass is 16.5. The van der Waals surface area contributed by atoms with Gasteiger partial charge in [0.1, 0.15) is 23.1 Å². The van der Waals surface area contributed by atoms with Crippen molar-refractivity contribution in [3.8, 4) is 17.2 Å². The molecule has 1 unspecified atom stereocenters. The predicted molar refractivity (Wildman–Crippen MR) is 135 cm³/mol. The molecular weight excluding hydrogens is 428 g/mol. The van der Waals surface area contributed by atoms with E-state index in [1.165, 1.54) is 0 Å². The Kier molecular flexibility index (Phi) is 6.98. The summed E-state index contributed by atoms with van der Waals surface area (Å²) in [6.07, 6.45) is 0.641. The molecule has 1 atom stereocenters. The summed E-state index contributed by atoms with van der Waals surface area (Å²) in [5, 5.41) is 17.8. The van der Waals surface area contributed by atoms with Gasteiger partial charge in [0, 0.05) is 32.1 Å². The first kappa shape index (κ1) is 23.5. The maximum Gasteiger partial charge on any atom is 0.179 e. The van der Waals surface area contributed by atoms with Gasteiger partial charge in [-0.1, -0.05) is 24.3 Å². The average Bonchev–Trinajstić information content (AvgIpc) is 3.19. The van der Waals surface area contributed by atoms with Gasteiger partial charge in [0.25, 0.3) is 0 Å². The zero-order valence-electron chi connectivity index (χ0n) is 20.7. The molecule has 2 aromatic heterocycles. The van der Waals surface area contributed by atoms with Crippen LogP contribution in [-0.2, 0) is 0 Å². The number of anilines is 1. The summed E-state index contributed by atoms with van der Waals surface area (Å²) >= 11 is 0. The number of aryl methyl sites for hydroxylation is 2. The van der Waals surface area contributed by atoms with Crippen LogP contribution in [0.5, 0.6) is 11.5 Å². The van der Waals surface area contributed by atoms with Gasteiger partial charge >= 0.3 is 0 Å². The normalized spacial score (nSPS) is 12.1. The van der Waals surface area contributed by atoms with Crippen LogP contribution in [0.25, 0.3) is 16.6 Å². The summed E-state index contributed by atoms with van der Waals surface area (Å²) in [6, 6.07) is 16.0. The van der Waals surface area contributed by atoms with Crippen molar-refractivity contribution in [1.29, 1.82) is 0 Å². The monoisotopic (exact) mass is 460 g/mol. The molecule has 34 heavy (non-hydrogen) atoms. The summed E-state index contributed by atoms with van der Waals surface area (Å²) in [6.45, 7) is 4.84. The third-order valence-electron chi connectivity index (χ3n) is 5.89. The van der Waals surface area contributed by atoms with Crippen LogP contribution in [0.1, 0.15) is 29.5 Å². The number of hydrogen-bond acceptors (Lipinski definition) is 7. The van der Waals surface area contributed by atoms with Crippen LogP contribution in [0.15, 0.2) is 48.5 Å². The van der Waals surface area contributed by atoms with Crippen molar-refractivity contribution in [3.05, 3.63) is 65.5 Å². The topological polar surface area (TPSA) is 77.3 Å². The fourth-order valence-corrected chi connectivity index (χ4v) is 4.20. The molecule has 0 aliphatic carbocycles.